The summed E-state index contributed by atoms with van der Waals surface area (Å²) in [5.74, 6) is -2.54. The summed E-state index contributed by atoms with van der Waals surface area (Å²) >= 11 is 0. The van der Waals surface area contributed by atoms with Gasteiger partial charge in [-0.3, -0.25) is 0 Å². The van der Waals surface area contributed by atoms with Crippen LogP contribution in [0, 0.1) is 17.8 Å². The average Bonchev–Trinajstić information content (AvgIpc) is 2.90. The van der Waals surface area contributed by atoms with Gasteiger partial charge in [-0.15, -0.1) is 0 Å². The van der Waals surface area contributed by atoms with Crippen LogP contribution in [-0.2, 0) is 19.0 Å². The van der Waals surface area contributed by atoms with Gasteiger partial charge >= 0.3 is 5.97 Å². The van der Waals surface area contributed by atoms with Crippen molar-refractivity contribution in [3.05, 3.63) is 11.8 Å². The van der Waals surface area contributed by atoms with Crippen LogP contribution in [-0.4, -0.2) is 86.3 Å². The molecule has 2 heterocycles. The molecule has 0 amide bonds. The van der Waals surface area contributed by atoms with Crippen molar-refractivity contribution >= 4 is 5.97 Å². The maximum Gasteiger partial charge on any atom is 0.335 e. The van der Waals surface area contributed by atoms with E-state index in [0.29, 0.717) is 6.42 Å². The van der Waals surface area contributed by atoms with E-state index in [1.165, 1.54) is 0 Å². The first-order chi connectivity index (χ1) is 12.3. The zero-order valence-corrected chi connectivity index (χ0v) is 14.1. The molecule has 2 aliphatic heterocycles. The molecule has 10 atom stereocenters. The minimum absolute atomic E-state index is 0.0551. The fourth-order valence-electron chi connectivity index (χ4n) is 4.08. The van der Waals surface area contributed by atoms with Crippen molar-refractivity contribution in [1.82, 2.24) is 0 Å². The molecule has 3 aliphatic rings. The molecule has 10 heteroatoms. The highest BCUT2D eigenvalue weighted by Crippen LogP contribution is 2.47. The molecular formula is C16H24O10. The Labute approximate surface area is 149 Å². The van der Waals surface area contributed by atoms with E-state index in [9.17, 15) is 35.4 Å². The minimum Gasteiger partial charge on any atom is -0.478 e. The van der Waals surface area contributed by atoms with Gasteiger partial charge in [0.15, 0.2) is 6.29 Å². The lowest BCUT2D eigenvalue weighted by molar-refractivity contribution is -0.342. The number of ether oxygens (including phenoxy) is 3. The van der Waals surface area contributed by atoms with E-state index in [4.69, 9.17) is 14.2 Å². The lowest BCUT2D eigenvalue weighted by atomic mass is 9.83. The smallest absolute Gasteiger partial charge is 0.335 e. The minimum atomic E-state index is -1.60. The quantitative estimate of drug-likeness (QED) is 0.316. The predicted molar refractivity (Wildman–Crippen MR) is 82.2 cm³/mol. The van der Waals surface area contributed by atoms with Crippen LogP contribution in [0.25, 0.3) is 0 Å². The van der Waals surface area contributed by atoms with Gasteiger partial charge in [0.25, 0.3) is 0 Å². The highest BCUT2D eigenvalue weighted by atomic mass is 16.8. The number of carboxylic acid groups (broad SMARTS) is 1. The third-order valence-electron chi connectivity index (χ3n) is 5.47. The molecule has 0 aromatic carbocycles. The SMILES string of the molecule is C[C@H]1C[C@@H](O)[C@@H]2C(C(=O)O)=CO[C@@H](O[C@@H]3O[C@H](CO)[C@@H](O)[C@H](O)[C@H]3O)[C@@H]21. The zero-order valence-electron chi connectivity index (χ0n) is 14.1. The van der Waals surface area contributed by atoms with Crippen molar-refractivity contribution in [2.45, 2.75) is 56.4 Å². The van der Waals surface area contributed by atoms with E-state index in [-0.39, 0.29) is 11.5 Å². The Hall–Kier alpha value is -1.27. The Morgan fingerprint density at radius 1 is 1.19 bits per heavy atom. The predicted octanol–water partition coefficient (Wildman–Crippen LogP) is -2.24. The first-order valence-electron chi connectivity index (χ1n) is 8.49. The van der Waals surface area contributed by atoms with Gasteiger partial charge in [0, 0.05) is 11.8 Å². The number of fused-ring (bicyclic) bond motifs is 1. The molecule has 0 bridgehead atoms. The summed E-state index contributed by atoms with van der Waals surface area (Å²) in [4.78, 5) is 11.4. The lowest BCUT2D eigenvalue weighted by Crippen LogP contribution is -2.60. The van der Waals surface area contributed by atoms with Crippen molar-refractivity contribution < 1.29 is 49.6 Å². The Morgan fingerprint density at radius 2 is 1.88 bits per heavy atom. The zero-order chi connectivity index (χ0) is 19.2. The summed E-state index contributed by atoms with van der Waals surface area (Å²) in [7, 11) is 0. The molecule has 0 radical (unpaired) electrons. The van der Waals surface area contributed by atoms with E-state index >= 15 is 0 Å². The number of carbonyl (C=O) groups is 1. The molecule has 6 N–H and O–H groups in total. The van der Waals surface area contributed by atoms with Gasteiger partial charge in [-0.1, -0.05) is 6.92 Å². The lowest BCUT2D eigenvalue weighted by Gasteiger charge is -2.43. The fraction of sp³-hybridized carbons (Fsp3) is 0.812. The second-order valence-electron chi connectivity index (χ2n) is 7.10. The largest absolute Gasteiger partial charge is 0.478 e. The highest BCUT2D eigenvalue weighted by molar-refractivity contribution is 5.87. The van der Waals surface area contributed by atoms with Crippen LogP contribution in [0.5, 0.6) is 0 Å². The number of aliphatic carboxylic acids is 1. The monoisotopic (exact) mass is 376 g/mol. The molecule has 148 valence electrons. The number of aliphatic hydroxyl groups is 5. The van der Waals surface area contributed by atoms with Crippen LogP contribution in [0.15, 0.2) is 11.8 Å². The second kappa shape index (κ2) is 7.39. The van der Waals surface area contributed by atoms with Gasteiger partial charge in [0.2, 0.25) is 6.29 Å². The molecule has 0 spiro atoms. The van der Waals surface area contributed by atoms with Gasteiger partial charge < -0.3 is 44.8 Å². The first-order valence-corrected chi connectivity index (χ1v) is 8.49. The van der Waals surface area contributed by atoms with E-state index in [1.54, 1.807) is 0 Å². The normalized spacial score (nSPS) is 48.5. The molecule has 26 heavy (non-hydrogen) atoms. The Bertz CT molecular complexity index is 563. The molecule has 2 fully saturated rings. The molecule has 0 aromatic rings. The van der Waals surface area contributed by atoms with E-state index in [2.05, 4.69) is 0 Å². The summed E-state index contributed by atoms with van der Waals surface area (Å²) in [5.41, 5.74) is -0.0551. The Morgan fingerprint density at radius 3 is 2.50 bits per heavy atom. The topological polar surface area (TPSA) is 166 Å². The van der Waals surface area contributed by atoms with E-state index in [0.717, 1.165) is 6.26 Å². The number of hydrogen-bond donors (Lipinski definition) is 6. The maximum atomic E-state index is 11.4. The molecule has 0 aromatic heterocycles. The average molecular weight is 376 g/mol. The highest BCUT2D eigenvalue weighted by Gasteiger charge is 2.53. The molecule has 1 aliphatic carbocycles. The molecule has 0 unspecified atom stereocenters. The van der Waals surface area contributed by atoms with Crippen LogP contribution in [0.4, 0.5) is 0 Å². The van der Waals surface area contributed by atoms with Gasteiger partial charge in [-0.25, -0.2) is 4.79 Å². The maximum absolute atomic E-state index is 11.4. The molecule has 1 saturated heterocycles. The third kappa shape index (κ3) is 3.22. The van der Waals surface area contributed by atoms with Crippen molar-refractivity contribution in [2.24, 2.45) is 17.8 Å². The van der Waals surface area contributed by atoms with Crippen LogP contribution in [0.3, 0.4) is 0 Å². The van der Waals surface area contributed by atoms with Crippen molar-refractivity contribution in [3.63, 3.8) is 0 Å². The van der Waals surface area contributed by atoms with Crippen molar-refractivity contribution in [2.75, 3.05) is 6.61 Å². The van der Waals surface area contributed by atoms with Gasteiger partial charge in [0.05, 0.1) is 24.5 Å². The molecular weight excluding hydrogens is 352 g/mol. The third-order valence-corrected chi connectivity index (χ3v) is 5.47. The summed E-state index contributed by atoms with van der Waals surface area (Å²) < 4.78 is 16.3. The van der Waals surface area contributed by atoms with E-state index in [1.807, 2.05) is 6.92 Å². The molecule has 3 rings (SSSR count). The van der Waals surface area contributed by atoms with Gasteiger partial charge in [-0.05, 0) is 12.3 Å². The van der Waals surface area contributed by atoms with E-state index < -0.39 is 67.5 Å². The molecule has 10 nitrogen and oxygen atoms in total. The first kappa shape index (κ1) is 19.5. The standard InChI is InChI=1S/C16H24O10/c1-5-2-7(18)10-6(14(22)23)4-24-15(9(5)10)26-16-13(21)12(20)11(19)8(3-17)25-16/h4-5,7-13,15-21H,2-3H2,1H3,(H,22,23)/t5-,7+,8+,9+,10-,11+,12-,13+,15-,16-/m0/s1. The van der Waals surface area contributed by atoms with Crippen molar-refractivity contribution in [1.29, 1.82) is 0 Å². The summed E-state index contributed by atoms with van der Waals surface area (Å²) in [6.45, 7) is 1.23. The van der Waals surface area contributed by atoms with Gasteiger partial charge in [-0.2, -0.15) is 0 Å². The number of carboxylic acids is 1. The van der Waals surface area contributed by atoms with Crippen LogP contribution < -0.4 is 0 Å². The van der Waals surface area contributed by atoms with Crippen LogP contribution >= 0.6 is 0 Å². The Kier molecular flexibility index (Phi) is 5.54. The number of aliphatic hydroxyl groups excluding tert-OH is 5. The Balaban J connectivity index is 1.80. The molecule has 1 saturated carbocycles. The summed E-state index contributed by atoms with van der Waals surface area (Å²) in [5, 5.41) is 58.6. The summed E-state index contributed by atoms with van der Waals surface area (Å²) in [6, 6.07) is 0. The van der Waals surface area contributed by atoms with Crippen molar-refractivity contribution in [3.8, 4) is 0 Å². The van der Waals surface area contributed by atoms with Gasteiger partial charge in [0.1, 0.15) is 24.4 Å². The number of hydrogen-bond acceptors (Lipinski definition) is 9. The van der Waals surface area contributed by atoms with Crippen LogP contribution in [0.1, 0.15) is 13.3 Å². The second-order valence-corrected chi connectivity index (χ2v) is 7.10. The summed E-state index contributed by atoms with van der Waals surface area (Å²) in [6.07, 6.45) is -7.77. The number of rotatable bonds is 4. The fourth-order valence-corrected chi connectivity index (χ4v) is 4.08. The van der Waals surface area contributed by atoms with Crippen LogP contribution in [0.2, 0.25) is 0 Å².